The molecular weight excluding hydrogens is 281 g/mol. The summed E-state index contributed by atoms with van der Waals surface area (Å²) in [5.41, 5.74) is 0. The molecule has 0 amide bonds. The standard InChI is InChI=1S/C14H18FNO3S/c1-20(17,18)16-12-5-2-10(8-12)14(16)9-19-13-6-3-11(15)4-7-13/h3-4,6-7,10,12,14H,2,5,8-9H2,1H3/t10?,12?,14-/m1/s1. The first-order chi connectivity index (χ1) is 9.45. The van der Waals surface area contributed by atoms with E-state index in [1.807, 2.05) is 0 Å². The number of ether oxygens (including phenoxy) is 1. The van der Waals surface area contributed by atoms with Gasteiger partial charge in [0.05, 0.1) is 12.3 Å². The van der Waals surface area contributed by atoms with Gasteiger partial charge in [0.1, 0.15) is 18.2 Å². The summed E-state index contributed by atoms with van der Waals surface area (Å²) in [6.45, 7) is 0.333. The predicted molar refractivity (Wildman–Crippen MR) is 73.5 cm³/mol. The van der Waals surface area contributed by atoms with E-state index in [2.05, 4.69) is 0 Å². The van der Waals surface area contributed by atoms with Crippen molar-refractivity contribution in [2.24, 2.45) is 5.92 Å². The maximum absolute atomic E-state index is 12.8. The summed E-state index contributed by atoms with van der Waals surface area (Å²) < 4.78 is 43.9. The lowest BCUT2D eigenvalue weighted by molar-refractivity contribution is 0.163. The summed E-state index contributed by atoms with van der Waals surface area (Å²) in [7, 11) is -3.20. The van der Waals surface area contributed by atoms with Crippen molar-refractivity contribution < 1.29 is 17.5 Å². The van der Waals surface area contributed by atoms with Gasteiger partial charge in [0.2, 0.25) is 10.0 Å². The van der Waals surface area contributed by atoms with Crippen LogP contribution in [0.2, 0.25) is 0 Å². The van der Waals surface area contributed by atoms with Gasteiger partial charge in [-0.1, -0.05) is 0 Å². The monoisotopic (exact) mass is 299 g/mol. The minimum atomic E-state index is -3.20. The minimum Gasteiger partial charge on any atom is -0.492 e. The number of benzene rings is 1. The van der Waals surface area contributed by atoms with E-state index in [0.29, 0.717) is 18.3 Å². The van der Waals surface area contributed by atoms with Crippen LogP contribution >= 0.6 is 0 Å². The number of sulfonamides is 1. The zero-order valence-corrected chi connectivity index (χ0v) is 12.1. The third-order valence-electron chi connectivity index (χ3n) is 4.29. The molecule has 1 aliphatic heterocycles. The Morgan fingerprint density at radius 3 is 2.65 bits per heavy atom. The van der Waals surface area contributed by atoms with Crippen LogP contribution in [0.15, 0.2) is 24.3 Å². The molecule has 1 saturated carbocycles. The average Bonchev–Trinajstić information content (AvgIpc) is 2.97. The van der Waals surface area contributed by atoms with Gasteiger partial charge < -0.3 is 4.74 Å². The Morgan fingerprint density at radius 1 is 1.30 bits per heavy atom. The van der Waals surface area contributed by atoms with Crippen molar-refractivity contribution in [3.8, 4) is 5.75 Å². The minimum absolute atomic E-state index is 0.0891. The van der Waals surface area contributed by atoms with E-state index in [0.717, 1.165) is 19.3 Å². The van der Waals surface area contributed by atoms with Crippen molar-refractivity contribution in [2.75, 3.05) is 12.9 Å². The van der Waals surface area contributed by atoms with Gasteiger partial charge in [-0.05, 0) is 49.4 Å². The Kier molecular flexibility index (Phi) is 3.46. The van der Waals surface area contributed by atoms with Crippen molar-refractivity contribution in [1.82, 2.24) is 4.31 Å². The van der Waals surface area contributed by atoms with Gasteiger partial charge in [0, 0.05) is 6.04 Å². The Morgan fingerprint density at radius 2 is 2.00 bits per heavy atom. The Bertz CT molecular complexity index is 587. The molecule has 1 saturated heterocycles. The molecule has 2 fully saturated rings. The van der Waals surface area contributed by atoms with E-state index in [1.165, 1.54) is 18.4 Å². The van der Waals surface area contributed by atoms with Crippen LogP contribution in [0.5, 0.6) is 5.75 Å². The normalized spacial score (nSPS) is 29.8. The SMILES string of the molecule is CS(=O)(=O)N1C2CCC(C2)[C@H]1COc1ccc(F)cc1. The number of nitrogens with zero attached hydrogens (tertiary/aromatic N) is 1. The van der Waals surface area contributed by atoms with Crippen LogP contribution in [-0.4, -0.2) is 37.7 Å². The van der Waals surface area contributed by atoms with Gasteiger partial charge >= 0.3 is 0 Å². The molecule has 2 unspecified atom stereocenters. The van der Waals surface area contributed by atoms with Gasteiger partial charge in [-0.15, -0.1) is 0 Å². The van der Waals surface area contributed by atoms with Crippen LogP contribution in [0, 0.1) is 11.7 Å². The first-order valence-electron chi connectivity index (χ1n) is 6.82. The van der Waals surface area contributed by atoms with Crippen LogP contribution in [0.25, 0.3) is 0 Å². The molecule has 20 heavy (non-hydrogen) atoms. The molecule has 0 radical (unpaired) electrons. The lowest BCUT2D eigenvalue weighted by atomic mass is 10.0. The summed E-state index contributed by atoms with van der Waals surface area (Å²) in [6.07, 6.45) is 4.21. The Labute approximate surface area is 118 Å². The van der Waals surface area contributed by atoms with E-state index in [9.17, 15) is 12.8 Å². The first kappa shape index (κ1) is 13.8. The van der Waals surface area contributed by atoms with Gasteiger partial charge in [0.15, 0.2) is 0 Å². The highest BCUT2D eigenvalue weighted by Gasteiger charge is 2.50. The fourth-order valence-electron chi connectivity index (χ4n) is 3.49. The molecule has 1 aromatic rings. The molecule has 0 N–H and O–H groups in total. The van der Waals surface area contributed by atoms with E-state index < -0.39 is 10.0 Å². The highest BCUT2D eigenvalue weighted by atomic mass is 32.2. The van der Waals surface area contributed by atoms with E-state index in [-0.39, 0.29) is 17.9 Å². The number of piperidine rings is 1. The molecule has 0 aromatic heterocycles. The van der Waals surface area contributed by atoms with E-state index in [4.69, 9.17) is 4.74 Å². The molecule has 3 atom stereocenters. The average molecular weight is 299 g/mol. The highest BCUT2D eigenvalue weighted by Crippen LogP contribution is 2.43. The van der Waals surface area contributed by atoms with Gasteiger partial charge in [0.25, 0.3) is 0 Å². The predicted octanol–water partition coefficient (Wildman–Crippen LogP) is 2.02. The van der Waals surface area contributed by atoms with Crippen LogP contribution in [0.4, 0.5) is 4.39 Å². The van der Waals surface area contributed by atoms with Crippen molar-refractivity contribution >= 4 is 10.0 Å². The quantitative estimate of drug-likeness (QED) is 0.854. The Balaban J connectivity index is 1.71. The third-order valence-corrected chi connectivity index (χ3v) is 5.63. The molecule has 1 aliphatic carbocycles. The van der Waals surface area contributed by atoms with Gasteiger partial charge in [-0.25, -0.2) is 12.8 Å². The van der Waals surface area contributed by atoms with E-state index >= 15 is 0 Å². The number of hydrogen-bond acceptors (Lipinski definition) is 3. The molecule has 110 valence electrons. The second-order valence-corrected chi connectivity index (χ2v) is 7.54. The van der Waals surface area contributed by atoms with Gasteiger partial charge in [-0.3, -0.25) is 0 Å². The van der Waals surface area contributed by atoms with Crippen LogP contribution in [0.1, 0.15) is 19.3 Å². The lowest BCUT2D eigenvalue weighted by Crippen LogP contribution is -2.47. The third kappa shape index (κ3) is 2.54. The second-order valence-electron chi connectivity index (χ2n) is 5.65. The molecule has 4 nitrogen and oxygen atoms in total. The largest absolute Gasteiger partial charge is 0.492 e. The number of halogens is 1. The smallest absolute Gasteiger partial charge is 0.211 e. The lowest BCUT2D eigenvalue weighted by Gasteiger charge is -2.33. The zero-order valence-electron chi connectivity index (χ0n) is 11.3. The summed E-state index contributed by atoms with van der Waals surface area (Å²) in [4.78, 5) is 0. The number of fused-ring (bicyclic) bond motifs is 2. The summed E-state index contributed by atoms with van der Waals surface area (Å²) in [5, 5.41) is 0. The molecule has 1 heterocycles. The molecular formula is C14H18FNO3S. The Hall–Kier alpha value is -1.14. The summed E-state index contributed by atoms with van der Waals surface area (Å²) in [5.74, 6) is 0.646. The second kappa shape index (κ2) is 5.00. The van der Waals surface area contributed by atoms with Crippen molar-refractivity contribution in [2.45, 2.75) is 31.3 Å². The number of rotatable bonds is 4. The molecule has 6 heteroatoms. The highest BCUT2D eigenvalue weighted by molar-refractivity contribution is 7.88. The van der Waals surface area contributed by atoms with E-state index in [1.54, 1.807) is 16.4 Å². The van der Waals surface area contributed by atoms with Crippen LogP contribution in [0.3, 0.4) is 0 Å². The van der Waals surface area contributed by atoms with Crippen molar-refractivity contribution in [3.63, 3.8) is 0 Å². The maximum Gasteiger partial charge on any atom is 0.211 e. The van der Waals surface area contributed by atoms with Crippen LogP contribution in [-0.2, 0) is 10.0 Å². The van der Waals surface area contributed by atoms with Crippen molar-refractivity contribution in [3.05, 3.63) is 30.1 Å². The fourth-order valence-corrected chi connectivity index (χ4v) is 4.95. The molecule has 2 aliphatic rings. The zero-order chi connectivity index (χ0) is 14.3. The summed E-state index contributed by atoms with van der Waals surface area (Å²) >= 11 is 0. The number of hydrogen-bond donors (Lipinski definition) is 0. The van der Waals surface area contributed by atoms with Crippen LogP contribution < -0.4 is 4.74 Å². The molecule has 2 bridgehead atoms. The maximum atomic E-state index is 12.8. The molecule has 0 spiro atoms. The molecule has 1 aromatic carbocycles. The fraction of sp³-hybridized carbons (Fsp3) is 0.571. The first-order valence-corrected chi connectivity index (χ1v) is 8.67. The van der Waals surface area contributed by atoms with Gasteiger partial charge in [-0.2, -0.15) is 4.31 Å². The molecule has 3 rings (SSSR count). The topological polar surface area (TPSA) is 46.6 Å². The summed E-state index contributed by atoms with van der Waals surface area (Å²) in [6, 6.07) is 5.85. The van der Waals surface area contributed by atoms with Crippen molar-refractivity contribution in [1.29, 1.82) is 0 Å².